The first kappa shape index (κ1) is 15.4. The molecular formula is C15H27N3O2. The Morgan fingerprint density at radius 3 is 2.40 bits per heavy atom. The average molecular weight is 281 g/mol. The lowest BCUT2D eigenvalue weighted by molar-refractivity contribution is -0.0777. The summed E-state index contributed by atoms with van der Waals surface area (Å²) in [7, 11) is 0. The molecule has 1 fully saturated rings. The molecule has 0 atom stereocenters. The lowest BCUT2D eigenvalue weighted by Gasteiger charge is -2.34. The van der Waals surface area contributed by atoms with Gasteiger partial charge in [-0.1, -0.05) is 38.3 Å². The highest BCUT2D eigenvalue weighted by molar-refractivity contribution is 5.08. The molecule has 0 saturated heterocycles. The van der Waals surface area contributed by atoms with Crippen LogP contribution in [0.4, 0.5) is 0 Å². The lowest BCUT2D eigenvalue weighted by Crippen LogP contribution is -2.37. The predicted octanol–water partition coefficient (Wildman–Crippen LogP) is 3.24. The van der Waals surface area contributed by atoms with Crippen molar-refractivity contribution < 1.29 is 9.26 Å². The molecule has 114 valence electrons. The second-order valence-electron chi connectivity index (χ2n) is 5.77. The number of aromatic nitrogens is 2. The first-order valence-corrected chi connectivity index (χ1v) is 7.87. The molecule has 5 heteroatoms. The third-order valence-corrected chi connectivity index (χ3v) is 4.60. The summed E-state index contributed by atoms with van der Waals surface area (Å²) >= 11 is 0. The van der Waals surface area contributed by atoms with E-state index >= 15 is 0 Å². The molecule has 2 rings (SSSR count). The molecule has 2 N–H and O–H groups in total. The number of ether oxygens (including phenoxy) is 1. The van der Waals surface area contributed by atoms with Crippen LogP contribution in [0.2, 0.25) is 0 Å². The van der Waals surface area contributed by atoms with Gasteiger partial charge in [-0.05, 0) is 32.6 Å². The topological polar surface area (TPSA) is 74.2 Å². The van der Waals surface area contributed by atoms with E-state index in [-0.39, 0.29) is 5.60 Å². The van der Waals surface area contributed by atoms with E-state index < -0.39 is 5.54 Å². The van der Waals surface area contributed by atoms with Gasteiger partial charge in [0.05, 0.1) is 5.54 Å². The molecule has 0 radical (unpaired) electrons. The van der Waals surface area contributed by atoms with Crippen molar-refractivity contribution in [3.8, 4) is 0 Å². The molecule has 1 aliphatic carbocycles. The van der Waals surface area contributed by atoms with Gasteiger partial charge >= 0.3 is 0 Å². The maximum atomic E-state index is 6.34. The molecule has 1 aromatic heterocycles. The fraction of sp³-hybridized carbons (Fsp3) is 0.867. The first-order valence-electron chi connectivity index (χ1n) is 7.87. The van der Waals surface area contributed by atoms with E-state index in [1.165, 1.54) is 6.42 Å². The predicted molar refractivity (Wildman–Crippen MR) is 77.1 cm³/mol. The highest BCUT2D eigenvalue weighted by atomic mass is 16.5. The maximum Gasteiger partial charge on any atom is 0.246 e. The van der Waals surface area contributed by atoms with Crippen LogP contribution in [0.5, 0.6) is 0 Å². The average Bonchev–Trinajstić information content (AvgIpc) is 2.99. The Hall–Kier alpha value is -0.940. The largest absolute Gasteiger partial charge is 0.367 e. The molecule has 1 saturated carbocycles. The third kappa shape index (κ3) is 2.74. The molecular weight excluding hydrogens is 254 g/mol. The monoisotopic (exact) mass is 281 g/mol. The van der Waals surface area contributed by atoms with E-state index in [0.29, 0.717) is 18.3 Å². The van der Waals surface area contributed by atoms with Crippen LogP contribution < -0.4 is 5.73 Å². The van der Waals surface area contributed by atoms with Gasteiger partial charge in [0, 0.05) is 6.61 Å². The van der Waals surface area contributed by atoms with Crippen LogP contribution in [0.3, 0.4) is 0 Å². The van der Waals surface area contributed by atoms with E-state index in [1.807, 2.05) is 20.8 Å². The summed E-state index contributed by atoms with van der Waals surface area (Å²) in [5.41, 5.74) is 5.46. The molecule has 1 aromatic rings. The molecule has 1 heterocycles. The Morgan fingerprint density at radius 1 is 1.20 bits per heavy atom. The first-order chi connectivity index (χ1) is 9.60. The SMILES string of the molecule is CCOC1(c2noc(C(N)(CC)CC)n2)CCCCC1. The van der Waals surface area contributed by atoms with Gasteiger partial charge in [-0.25, -0.2) is 0 Å². The maximum absolute atomic E-state index is 6.34. The normalized spacial score (nSPS) is 19.2. The molecule has 0 aliphatic heterocycles. The van der Waals surface area contributed by atoms with Crippen molar-refractivity contribution in [1.82, 2.24) is 10.1 Å². The van der Waals surface area contributed by atoms with Crippen LogP contribution in [0.15, 0.2) is 4.52 Å². The third-order valence-electron chi connectivity index (χ3n) is 4.60. The van der Waals surface area contributed by atoms with Crippen molar-refractivity contribution in [2.75, 3.05) is 6.61 Å². The zero-order valence-corrected chi connectivity index (χ0v) is 12.9. The van der Waals surface area contributed by atoms with E-state index in [1.54, 1.807) is 0 Å². The van der Waals surface area contributed by atoms with Crippen LogP contribution in [0.1, 0.15) is 77.4 Å². The van der Waals surface area contributed by atoms with Gasteiger partial charge in [0.1, 0.15) is 5.60 Å². The minimum atomic E-state index is -0.521. The summed E-state index contributed by atoms with van der Waals surface area (Å²) in [6, 6.07) is 0. The van der Waals surface area contributed by atoms with Gasteiger partial charge < -0.3 is 15.0 Å². The Labute approximate surface area is 121 Å². The summed E-state index contributed by atoms with van der Waals surface area (Å²) in [5.74, 6) is 1.23. The van der Waals surface area contributed by atoms with E-state index in [4.69, 9.17) is 15.0 Å². The number of nitrogens with zero attached hydrogens (tertiary/aromatic N) is 2. The van der Waals surface area contributed by atoms with Gasteiger partial charge in [0.2, 0.25) is 11.7 Å². The number of rotatable bonds is 6. The molecule has 0 amide bonds. The summed E-state index contributed by atoms with van der Waals surface area (Å²) in [6.45, 7) is 6.78. The van der Waals surface area contributed by atoms with E-state index in [9.17, 15) is 0 Å². The zero-order valence-electron chi connectivity index (χ0n) is 12.9. The summed E-state index contributed by atoms with van der Waals surface area (Å²) in [4.78, 5) is 4.61. The van der Waals surface area contributed by atoms with Crippen LogP contribution in [-0.2, 0) is 15.9 Å². The lowest BCUT2D eigenvalue weighted by atomic mass is 9.84. The van der Waals surface area contributed by atoms with Crippen LogP contribution in [0, 0.1) is 0 Å². The van der Waals surface area contributed by atoms with Gasteiger partial charge in [0.25, 0.3) is 0 Å². The quantitative estimate of drug-likeness (QED) is 0.866. The van der Waals surface area contributed by atoms with Crippen molar-refractivity contribution in [2.45, 2.75) is 76.9 Å². The molecule has 0 aromatic carbocycles. The highest BCUT2D eigenvalue weighted by Crippen LogP contribution is 2.39. The van der Waals surface area contributed by atoms with Crippen molar-refractivity contribution in [2.24, 2.45) is 5.73 Å². The molecule has 0 spiro atoms. The minimum Gasteiger partial charge on any atom is -0.367 e. The molecule has 0 bridgehead atoms. The Morgan fingerprint density at radius 2 is 1.85 bits per heavy atom. The van der Waals surface area contributed by atoms with Crippen LogP contribution >= 0.6 is 0 Å². The fourth-order valence-corrected chi connectivity index (χ4v) is 2.99. The van der Waals surface area contributed by atoms with Crippen LogP contribution in [0.25, 0.3) is 0 Å². The van der Waals surface area contributed by atoms with Crippen molar-refractivity contribution in [3.05, 3.63) is 11.7 Å². The molecule has 5 nitrogen and oxygen atoms in total. The van der Waals surface area contributed by atoms with E-state index in [0.717, 1.165) is 38.5 Å². The van der Waals surface area contributed by atoms with Gasteiger partial charge in [0.15, 0.2) is 0 Å². The summed E-state index contributed by atoms with van der Waals surface area (Å²) in [6.07, 6.45) is 7.06. The molecule has 0 unspecified atom stereocenters. The summed E-state index contributed by atoms with van der Waals surface area (Å²) in [5, 5.41) is 4.20. The standard InChI is InChI=1S/C15H27N3O2/c1-4-14(16,5-2)13-17-12(18-20-13)15(19-6-3)10-8-7-9-11-15/h4-11,16H2,1-3H3. The van der Waals surface area contributed by atoms with Gasteiger partial charge in [-0.3, -0.25) is 0 Å². The smallest absolute Gasteiger partial charge is 0.246 e. The number of hydrogen-bond acceptors (Lipinski definition) is 5. The Balaban J connectivity index is 2.29. The van der Waals surface area contributed by atoms with Crippen molar-refractivity contribution >= 4 is 0 Å². The summed E-state index contributed by atoms with van der Waals surface area (Å²) < 4.78 is 11.5. The molecule has 20 heavy (non-hydrogen) atoms. The van der Waals surface area contributed by atoms with Gasteiger partial charge in [-0.15, -0.1) is 0 Å². The van der Waals surface area contributed by atoms with Crippen molar-refractivity contribution in [1.29, 1.82) is 0 Å². The minimum absolute atomic E-state index is 0.364. The molecule has 1 aliphatic rings. The van der Waals surface area contributed by atoms with Gasteiger partial charge in [-0.2, -0.15) is 4.98 Å². The van der Waals surface area contributed by atoms with Crippen LogP contribution in [-0.4, -0.2) is 16.7 Å². The second-order valence-corrected chi connectivity index (χ2v) is 5.77. The Kier molecular flexibility index (Phi) is 4.81. The Bertz CT molecular complexity index is 415. The number of hydrogen-bond donors (Lipinski definition) is 1. The zero-order chi connectivity index (χ0) is 14.6. The fourth-order valence-electron chi connectivity index (χ4n) is 2.99. The number of nitrogens with two attached hydrogens (primary N) is 1. The highest BCUT2D eigenvalue weighted by Gasteiger charge is 2.41. The van der Waals surface area contributed by atoms with Crippen molar-refractivity contribution in [3.63, 3.8) is 0 Å². The van der Waals surface area contributed by atoms with E-state index in [2.05, 4.69) is 10.1 Å². The second kappa shape index (κ2) is 6.22.